The average Bonchev–Trinajstić information content (AvgIpc) is 3.27. The van der Waals surface area contributed by atoms with Gasteiger partial charge in [0.25, 0.3) is 5.91 Å². The van der Waals surface area contributed by atoms with E-state index < -0.39 is 5.60 Å². The van der Waals surface area contributed by atoms with Crippen LogP contribution in [-0.2, 0) is 16.7 Å². The van der Waals surface area contributed by atoms with Crippen molar-refractivity contribution in [1.29, 1.82) is 0 Å². The molecule has 1 aliphatic rings. The van der Waals surface area contributed by atoms with Crippen LogP contribution in [0.1, 0.15) is 18.9 Å². The monoisotopic (exact) mass is 412 g/mol. The van der Waals surface area contributed by atoms with Crippen molar-refractivity contribution in [2.45, 2.75) is 18.9 Å². The Labute approximate surface area is 172 Å². The smallest absolute Gasteiger partial charge is 0.273 e. The molecule has 0 saturated heterocycles. The number of carbonyl (C=O) groups is 1. The standard InChI is InChI=1S/C21H18ClFN4O2/c1-21(11-17(26-29-21)15-5-3-4-6-16(15)22)19(28)25-20-24-12-18(27(20)2)13-7-9-14(23)10-8-13/h3-10,12H,11H2,1-2H3,(H,24,25,28). The first-order chi connectivity index (χ1) is 13.9. The molecule has 8 heteroatoms. The molecule has 2 heterocycles. The number of hydrogen-bond donors (Lipinski definition) is 1. The van der Waals surface area contributed by atoms with E-state index in [1.54, 1.807) is 42.9 Å². The Morgan fingerprint density at radius 2 is 1.97 bits per heavy atom. The van der Waals surface area contributed by atoms with E-state index in [4.69, 9.17) is 16.4 Å². The highest BCUT2D eigenvalue weighted by Gasteiger charge is 2.43. The normalized spacial score (nSPS) is 18.3. The summed E-state index contributed by atoms with van der Waals surface area (Å²) in [5, 5.41) is 7.41. The summed E-state index contributed by atoms with van der Waals surface area (Å²) in [6, 6.07) is 13.3. The number of rotatable bonds is 4. The minimum atomic E-state index is -1.18. The van der Waals surface area contributed by atoms with Gasteiger partial charge in [0.2, 0.25) is 11.5 Å². The first-order valence-electron chi connectivity index (χ1n) is 8.96. The fourth-order valence-corrected chi connectivity index (χ4v) is 3.39. The van der Waals surface area contributed by atoms with Gasteiger partial charge in [0.05, 0.1) is 17.6 Å². The number of hydrogen-bond acceptors (Lipinski definition) is 4. The van der Waals surface area contributed by atoms with Crippen LogP contribution < -0.4 is 5.32 Å². The Morgan fingerprint density at radius 3 is 2.69 bits per heavy atom. The molecule has 1 N–H and O–H groups in total. The van der Waals surface area contributed by atoms with Gasteiger partial charge in [0.1, 0.15) is 5.82 Å². The molecule has 2 aromatic carbocycles. The molecule has 1 unspecified atom stereocenters. The van der Waals surface area contributed by atoms with Crippen molar-refractivity contribution in [3.8, 4) is 11.3 Å². The summed E-state index contributed by atoms with van der Waals surface area (Å²) >= 11 is 6.22. The summed E-state index contributed by atoms with van der Waals surface area (Å²) in [4.78, 5) is 22.6. The highest BCUT2D eigenvalue weighted by molar-refractivity contribution is 6.34. The zero-order valence-corrected chi connectivity index (χ0v) is 16.6. The molecular weight excluding hydrogens is 395 g/mol. The summed E-state index contributed by atoms with van der Waals surface area (Å²) in [5.74, 6) is -0.335. The molecule has 0 fully saturated rings. The molecule has 1 amide bonds. The number of halogens is 2. The Balaban J connectivity index is 1.50. The van der Waals surface area contributed by atoms with Crippen LogP contribution in [0.15, 0.2) is 59.9 Å². The second-order valence-electron chi connectivity index (χ2n) is 7.00. The molecule has 0 saturated carbocycles. The van der Waals surface area contributed by atoms with Crippen LogP contribution in [0.2, 0.25) is 5.02 Å². The molecule has 6 nitrogen and oxygen atoms in total. The van der Waals surface area contributed by atoms with Gasteiger partial charge in [-0.1, -0.05) is 35.0 Å². The highest BCUT2D eigenvalue weighted by Crippen LogP contribution is 2.31. The van der Waals surface area contributed by atoms with Crippen LogP contribution in [0.5, 0.6) is 0 Å². The lowest BCUT2D eigenvalue weighted by atomic mass is 9.95. The Kier molecular flexibility index (Phi) is 4.84. The number of benzene rings is 2. The Hall–Kier alpha value is -3.19. The predicted octanol–water partition coefficient (Wildman–Crippen LogP) is 4.40. The number of nitrogens with one attached hydrogen (secondary N) is 1. The first kappa shape index (κ1) is 19.1. The lowest BCUT2D eigenvalue weighted by Crippen LogP contribution is -2.41. The van der Waals surface area contributed by atoms with E-state index in [-0.39, 0.29) is 18.1 Å². The maximum absolute atomic E-state index is 13.2. The third-order valence-electron chi connectivity index (χ3n) is 4.88. The van der Waals surface area contributed by atoms with Gasteiger partial charge in [-0.2, -0.15) is 0 Å². The van der Waals surface area contributed by atoms with Crippen molar-refractivity contribution in [2.75, 3.05) is 5.32 Å². The number of nitrogens with zero attached hydrogens (tertiary/aromatic N) is 3. The van der Waals surface area contributed by atoms with Crippen molar-refractivity contribution in [1.82, 2.24) is 9.55 Å². The van der Waals surface area contributed by atoms with Crippen LogP contribution in [0.25, 0.3) is 11.3 Å². The molecule has 29 heavy (non-hydrogen) atoms. The van der Waals surface area contributed by atoms with E-state index in [9.17, 15) is 9.18 Å². The molecular formula is C21H18ClFN4O2. The van der Waals surface area contributed by atoms with Gasteiger partial charge < -0.3 is 9.40 Å². The maximum Gasteiger partial charge on any atom is 0.273 e. The number of aromatic nitrogens is 2. The second kappa shape index (κ2) is 7.33. The van der Waals surface area contributed by atoms with Crippen LogP contribution >= 0.6 is 11.6 Å². The minimum absolute atomic E-state index is 0.276. The van der Waals surface area contributed by atoms with Crippen molar-refractivity contribution in [3.63, 3.8) is 0 Å². The van der Waals surface area contributed by atoms with Crippen LogP contribution in [0.3, 0.4) is 0 Å². The fraction of sp³-hybridized carbons (Fsp3) is 0.190. The third kappa shape index (κ3) is 3.61. The van der Waals surface area contributed by atoms with Crippen molar-refractivity contribution < 1.29 is 14.0 Å². The lowest BCUT2D eigenvalue weighted by Gasteiger charge is -2.20. The topological polar surface area (TPSA) is 68.5 Å². The zero-order chi connectivity index (χ0) is 20.6. The van der Waals surface area contributed by atoms with E-state index in [2.05, 4.69) is 15.5 Å². The third-order valence-corrected chi connectivity index (χ3v) is 5.21. The summed E-state index contributed by atoms with van der Waals surface area (Å²) in [6.45, 7) is 1.67. The molecule has 4 rings (SSSR count). The summed E-state index contributed by atoms with van der Waals surface area (Å²) < 4.78 is 14.9. The van der Waals surface area contributed by atoms with E-state index in [0.717, 1.165) is 16.8 Å². The van der Waals surface area contributed by atoms with Gasteiger partial charge >= 0.3 is 0 Å². The van der Waals surface area contributed by atoms with Crippen LogP contribution in [0.4, 0.5) is 10.3 Å². The molecule has 1 aromatic heterocycles. The Bertz CT molecular complexity index is 1110. The van der Waals surface area contributed by atoms with E-state index in [1.165, 1.54) is 12.1 Å². The molecule has 0 radical (unpaired) electrons. The van der Waals surface area contributed by atoms with Gasteiger partial charge in [-0.05, 0) is 37.3 Å². The minimum Gasteiger partial charge on any atom is -0.379 e. The molecule has 0 bridgehead atoms. The quantitative estimate of drug-likeness (QED) is 0.690. The van der Waals surface area contributed by atoms with Crippen molar-refractivity contribution in [3.05, 3.63) is 71.1 Å². The van der Waals surface area contributed by atoms with Crippen molar-refractivity contribution >= 4 is 29.2 Å². The number of carbonyl (C=O) groups excluding carboxylic acids is 1. The second-order valence-corrected chi connectivity index (χ2v) is 7.41. The Morgan fingerprint density at radius 1 is 1.24 bits per heavy atom. The summed E-state index contributed by atoms with van der Waals surface area (Å²) in [7, 11) is 1.77. The summed E-state index contributed by atoms with van der Waals surface area (Å²) in [5.41, 5.74) is 1.69. The highest BCUT2D eigenvalue weighted by atomic mass is 35.5. The maximum atomic E-state index is 13.2. The first-order valence-corrected chi connectivity index (χ1v) is 9.34. The van der Waals surface area contributed by atoms with Crippen LogP contribution in [-0.4, -0.2) is 26.8 Å². The van der Waals surface area contributed by atoms with Gasteiger partial charge in [-0.3, -0.25) is 10.1 Å². The zero-order valence-electron chi connectivity index (χ0n) is 15.8. The number of imidazole rings is 1. The molecule has 0 aliphatic carbocycles. The summed E-state index contributed by atoms with van der Waals surface area (Å²) in [6.07, 6.45) is 1.89. The largest absolute Gasteiger partial charge is 0.379 e. The number of anilines is 1. The molecule has 0 spiro atoms. The number of amides is 1. The fourth-order valence-electron chi connectivity index (χ4n) is 3.15. The van der Waals surface area contributed by atoms with Gasteiger partial charge in [-0.25, -0.2) is 9.37 Å². The van der Waals surface area contributed by atoms with Crippen molar-refractivity contribution in [2.24, 2.45) is 12.2 Å². The van der Waals surface area contributed by atoms with E-state index in [1.807, 2.05) is 18.2 Å². The van der Waals surface area contributed by atoms with Gasteiger partial charge in [-0.15, -0.1) is 0 Å². The predicted molar refractivity (Wildman–Crippen MR) is 109 cm³/mol. The molecule has 3 aromatic rings. The van der Waals surface area contributed by atoms with E-state index >= 15 is 0 Å². The lowest BCUT2D eigenvalue weighted by molar-refractivity contribution is -0.136. The van der Waals surface area contributed by atoms with Gasteiger partial charge in [0, 0.05) is 29.6 Å². The van der Waals surface area contributed by atoms with Crippen LogP contribution in [0, 0.1) is 5.82 Å². The SMILES string of the molecule is Cn1c(-c2ccc(F)cc2)cnc1NC(=O)C1(C)CC(c2ccccc2Cl)=NO1. The molecule has 1 aliphatic heterocycles. The average molecular weight is 413 g/mol. The number of oxime groups is 1. The molecule has 1 atom stereocenters. The van der Waals surface area contributed by atoms with Gasteiger partial charge in [0.15, 0.2) is 0 Å². The molecule has 148 valence electrons. The van der Waals surface area contributed by atoms with E-state index in [0.29, 0.717) is 16.7 Å².